The summed E-state index contributed by atoms with van der Waals surface area (Å²) >= 11 is 1.66. The molecule has 3 aromatic rings. The van der Waals surface area contributed by atoms with Gasteiger partial charge in [-0.1, -0.05) is 24.3 Å². The predicted octanol–water partition coefficient (Wildman–Crippen LogP) is 3.12. The second-order valence-corrected chi connectivity index (χ2v) is 8.30. The summed E-state index contributed by atoms with van der Waals surface area (Å²) in [5.74, 6) is -0.000706. The van der Waals surface area contributed by atoms with Gasteiger partial charge in [0, 0.05) is 23.6 Å². The Labute approximate surface area is 193 Å². The molecule has 0 unspecified atom stereocenters. The minimum absolute atomic E-state index is 0.104. The van der Waals surface area contributed by atoms with Gasteiger partial charge in [0.25, 0.3) is 5.91 Å². The number of methoxy groups -OCH3 is 1. The number of carbonyl (C=O) groups is 3. The van der Waals surface area contributed by atoms with Crippen LogP contribution in [0.15, 0.2) is 48.5 Å². The van der Waals surface area contributed by atoms with Crippen molar-refractivity contribution in [3.8, 4) is 0 Å². The standard InChI is InChI=1S/C23H21FN4O4S/c1-32-23(31)17-5-3-2-4-16(17)22(30)26-21-18-12-33-13-19(18)27-28(21)11-20(29)25-10-14-6-8-15(24)9-7-14/h2-9H,10-13H2,1H3,(H,25,29)(H,26,30). The molecule has 10 heteroatoms. The number of ether oxygens (including phenoxy) is 1. The van der Waals surface area contributed by atoms with Crippen LogP contribution < -0.4 is 10.6 Å². The molecule has 4 rings (SSSR count). The van der Waals surface area contributed by atoms with E-state index in [0.717, 1.165) is 16.8 Å². The van der Waals surface area contributed by atoms with Crippen molar-refractivity contribution in [1.29, 1.82) is 0 Å². The second-order valence-electron chi connectivity index (χ2n) is 7.32. The Balaban J connectivity index is 1.51. The van der Waals surface area contributed by atoms with Gasteiger partial charge in [-0.15, -0.1) is 0 Å². The summed E-state index contributed by atoms with van der Waals surface area (Å²) in [6, 6.07) is 12.2. The van der Waals surface area contributed by atoms with Gasteiger partial charge in [0.1, 0.15) is 18.2 Å². The van der Waals surface area contributed by atoms with Crippen LogP contribution in [-0.2, 0) is 34.1 Å². The van der Waals surface area contributed by atoms with E-state index < -0.39 is 11.9 Å². The molecule has 0 aliphatic carbocycles. The molecule has 8 nitrogen and oxygen atoms in total. The number of rotatable bonds is 7. The maximum absolute atomic E-state index is 13.1. The fourth-order valence-corrected chi connectivity index (χ4v) is 4.49. The summed E-state index contributed by atoms with van der Waals surface area (Å²) in [5.41, 5.74) is 2.74. The molecule has 1 aliphatic heterocycles. The van der Waals surface area contributed by atoms with Gasteiger partial charge >= 0.3 is 5.97 Å². The van der Waals surface area contributed by atoms with E-state index in [4.69, 9.17) is 4.74 Å². The number of nitrogens with one attached hydrogen (secondary N) is 2. The molecule has 2 N–H and O–H groups in total. The van der Waals surface area contributed by atoms with Gasteiger partial charge in [0.05, 0.1) is 23.9 Å². The minimum Gasteiger partial charge on any atom is -0.465 e. The van der Waals surface area contributed by atoms with E-state index in [9.17, 15) is 18.8 Å². The lowest BCUT2D eigenvalue weighted by Crippen LogP contribution is -2.29. The summed E-state index contributed by atoms with van der Waals surface area (Å²) in [4.78, 5) is 37.6. The zero-order valence-electron chi connectivity index (χ0n) is 17.8. The van der Waals surface area contributed by atoms with Gasteiger partial charge in [0.2, 0.25) is 5.91 Å². The van der Waals surface area contributed by atoms with Crippen LogP contribution in [0.5, 0.6) is 0 Å². The Morgan fingerprint density at radius 1 is 1.09 bits per heavy atom. The van der Waals surface area contributed by atoms with Gasteiger partial charge in [-0.05, 0) is 29.8 Å². The SMILES string of the molecule is COC(=O)c1ccccc1C(=O)Nc1c2c(nn1CC(=O)NCc1ccc(F)cc1)CSC2. The summed E-state index contributed by atoms with van der Waals surface area (Å²) in [6.45, 7) is 0.136. The molecule has 2 heterocycles. The van der Waals surface area contributed by atoms with Crippen LogP contribution in [0.1, 0.15) is 37.5 Å². The van der Waals surface area contributed by atoms with Crippen molar-refractivity contribution in [3.05, 3.63) is 82.3 Å². The summed E-state index contributed by atoms with van der Waals surface area (Å²) < 4.78 is 19.3. The molecule has 0 saturated heterocycles. The zero-order chi connectivity index (χ0) is 23.4. The summed E-state index contributed by atoms with van der Waals surface area (Å²) in [5, 5.41) is 10.1. The molecule has 2 amide bonds. The molecular formula is C23H21FN4O4S. The van der Waals surface area contributed by atoms with Crippen LogP contribution in [0, 0.1) is 5.82 Å². The molecule has 170 valence electrons. The number of anilines is 1. The van der Waals surface area contributed by atoms with Crippen molar-refractivity contribution in [1.82, 2.24) is 15.1 Å². The molecule has 1 aromatic heterocycles. The van der Waals surface area contributed by atoms with Gasteiger partial charge < -0.3 is 15.4 Å². The smallest absolute Gasteiger partial charge is 0.338 e. The van der Waals surface area contributed by atoms with Gasteiger partial charge in [-0.3, -0.25) is 9.59 Å². The Kier molecular flexibility index (Phi) is 6.74. The number of amides is 2. The van der Waals surface area contributed by atoms with Crippen molar-refractivity contribution in [2.24, 2.45) is 0 Å². The van der Waals surface area contributed by atoms with Crippen molar-refractivity contribution >= 4 is 35.4 Å². The normalized spacial score (nSPS) is 12.2. The van der Waals surface area contributed by atoms with Crippen LogP contribution in [-0.4, -0.2) is 34.7 Å². The number of carbonyl (C=O) groups excluding carboxylic acids is 3. The molecule has 0 fully saturated rings. The van der Waals surface area contributed by atoms with Crippen LogP contribution in [0.2, 0.25) is 0 Å². The van der Waals surface area contributed by atoms with E-state index in [-0.39, 0.29) is 35.9 Å². The Bertz CT molecular complexity index is 1210. The zero-order valence-corrected chi connectivity index (χ0v) is 18.6. The second kappa shape index (κ2) is 9.86. The quantitative estimate of drug-likeness (QED) is 0.517. The Morgan fingerprint density at radius 3 is 2.55 bits per heavy atom. The van der Waals surface area contributed by atoms with E-state index >= 15 is 0 Å². The fourth-order valence-electron chi connectivity index (χ4n) is 3.46. The van der Waals surface area contributed by atoms with E-state index in [1.165, 1.54) is 36.1 Å². The molecule has 0 saturated carbocycles. The van der Waals surface area contributed by atoms with Crippen molar-refractivity contribution in [2.75, 3.05) is 12.4 Å². The van der Waals surface area contributed by atoms with Crippen LogP contribution in [0.4, 0.5) is 10.2 Å². The average Bonchev–Trinajstić information content (AvgIpc) is 3.40. The van der Waals surface area contributed by atoms with Crippen LogP contribution >= 0.6 is 11.8 Å². The minimum atomic E-state index is -0.616. The number of fused-ring (bicyclic) bond motifs is 1. The molecule has 33 heavy (non-hydrogen) atoms. The lowest BCUT2D eigenvalue weighted by molar-refractivity contribution is -0.122. The number of esters is 1. The third-order valence-electron chi connectivity index (χ3n) is 5.12. The first-order valence-corrected chi connectivity index (χ1v) is 11.3. The number of aromatic nitrogens is 2. The maximum Gasteiger partial charge on any atom is 0.338 e. The van der Waals surface area contributed by atoms with Gasteiger partial charge in [0.15, 0.2) is 0 Å². The highest BCUT2D eigenvalue weighted by atomic mass is 32.2. The molecule has 2 aromatic carbocycles. The lowest BCUT2D eigenvalue weighted by atomic mass is 10.1. The Hall–Kier alpha value is -3.66. The number of hydrogen-bond donors (Lipinski definition) is 2. The topological polar surface area (TPSA) is 102 Å². The first-order valence-electron chi connectivity index (χ1n) is 10.1. The highest BCUT2D eigenvalue weighted by molar-refractivity contribution is 7.98. The molecule has 0 spiro atoms. The number of benzene rings is 2. The van der Waals surface area contributed by atoms with E-state index in [1.807, 2.05) is 0 Å². The highest BCUT2D eigenvalue weighted by Crippen LogP contribution is 2.35. The van der Waals surface area contributed by atoms with Crippen LogP contribution in [0.25, 0.3) is 0 Å². The molecule has 0 bridgehead atoms. The molecule has 0 radical (unpaired) electrons. The predicted molar refractivity (Wildman–Crippen MR) is 121 cm³/mol. The van der Waals surface area contributed by atoms with E-state index in [1.54, 1.807) is 36.0 Å². The number of hydrogen-bond acceptors (Lipinski definition) is 6. The third kappa shape index (κ3) is 5.06. The first kappa shape index (κ1) is 22.5. The highest BCUT2D eigenvalue weighted by Gasteiger charge is 2.26. The van der Waals surface area contributed by atoms with Gasteiger partial charge in [-0.25, -0.2) is 13.9 Å². The van der Waals surface area contributed by atoms with E-state index in [0.29, 0.717) is 17.3 Å². The molecule has 0 atom stereocenters. The number of halogens is 1. The third-order valence-corrected chi connectivity index (χ3v) is 6.09. The van der Waals surface area contributed by atoms with Crippen molar-refractivity contribution in [3.63, 3.8) is 0 Å². The summed E-state index contributed by atoms with van der Waals surface area (Å²) in [7, 11) is 1.25. The number of nitrogens with zero attached hydrogens (tertiary/aromatic N) is 2. The summed E-state index contributed by atoms with van der Waals surface area (Å²) in [6.07, 6.45) is 0. The van der Waals surface area contributed by atoms with Crippen LogP contribution in [0.3, 0.4) is 0 Å². The van der Waals surface area contributed by atoms with Gasteiger partial charge in [-0.2, -0.15) is 16.9 Å². The maximum atomic E-state index is 13.1. The molecular weight excluding hydrogens is 447 g/mol. The van der Waals surface area contributed by atoms with Crippen molar-refractivity contribution < 1.29 is 23.5 Å². The van der Waals surface area contributed by atoms with Crippen molar-refractivity contribution in [2.45, 2.75) is 24.6 Å². The first-order chi connectivity index (χ1) is 16.0. The number of thioether (sulfide) groups is 1. The lowest BCUT2D eigenvalue weighted by Gasteiger charge is -2.13. The largest absolute Gasteiger partial charge is 0.465 e. The van der Waals surface area contributed by atoms with E-state index in [2.05, 4.69) is 15.7 Å². The fraction of sp³-hybridized carbons (Fsp3) is 0.217. The average molecular weight is 469 g/mol. The molecule has 1 aliphatic rings. The monoisotopic (exact) mass is 468 g/mol. The Morgan fingerprint density at radius 2 is 1.82 bits per heavy atom.